The minimum atomic E-state index is -0.409. The zero-order chi connectivity index (χ0) is 13.0. The van der Waals surface area contributed by atoms with Gasteiger partial charge < -0.3 is 10.5 Å². The third-order valence-electron chi connectivity index (χ3n) is 2.50. The van der Waals surface area contributed by atoms with Crippen LogP contribution in [0.5, 0.6) is 5.75 Å². The first-order chi connectivity index (χ1) is 8.70. The first kappa shape index (κ1) is 11.9. The van der Waals surface area contributed by atoms with Crippen LogP contribution in [0.4, 0.5) is 10.1 Å². The summed E-state index contributed by atoms with van der Waals surface area (Å²) in [5, 5.41) is 8.92. The van der Waals surface area contributed by atoms with Crippen molar-refractivity contribution in [3.05, 3.63) is 59.4 Å². The molecule has 0 radical (unpaired) electrons. The molecule has 90 valence electrons. The van der Waals surface area contributed by atoms with E-state index in [1.54, 1.807) is 18.2 Å². The van der Waals surface area contributed by atoms with Crippen LogP contribution in [0.25, 0.3) is 0 Å². The Bertz CT molecular complexity index is 605. The average Bonchev–Trinajstić information content (AvgIpc) is 2.40. The third-order valence-corrected chi connectivity index (χ3v) is 2.50. The van der Waals surface area contributed by atoms with Crippen LogP contribution in [0, 0.1) is 17.1 Å². The fraction of sp³-hybridized carbons (Fsp3) is 0.0714. The Morgan fingerprint density at radius 2 is 2.00 bits per heavy atom. The highest BCUT2D eigenvalue weighted by Gasteiger charge is 2.05. The number of hydrogen-bond acceptors (Lipinski definition) is 3. The summed E-state index contributed by atoms with van der Waals surface area (Å²) in [4.78, 5) is 0. The van der Waals surface area contributed by atoms with Crippen molar-refractivity contribution in [2.45, 2.75) is 6.61 Å². The molecule has 2 aromatic carbocycles. The second kappa shape index (κ2) is 5.19. The van der Waals surface area contributed by atoms with Gasteiger partial charge in [-0.3, -0.25) is 0 Å². The molecule has 0 fully saturated rings. The lowest BCUT2D eigenvalue weighted by molar-refractivity contribution is 0.306. The molecular weight excluding hydrogens is 231 g/mol. The molecule has 0 saturated heterocycles. The van der Waals surface area contributed by atoms with Crippen molar-refractivity contribution < 1.29 is 9.13 Å². The van der Waals surface area contributed by atoms with Gasteiger partial charge >= 0.3 is 0 Å². The minimum absolute atomic E-state index is 0.178. The van der Waals surface area contributed by atoms with E-state index in [4.69, 9.17) is 15.7 Å². The predicted molar refractivity (Wildman–Crippen MR) is 66.3 cm³/mol. The van der Waals surface area contributed by atoms with Crippen LogP contribution in [0.3, 0.4) is 0 Å². The molecule has 0 heterocycles. The van der Waals surface area contributed by atoms with Gasteiger partial charge in [-0.25, -0.2) is 4.39 Å². The van der Waals surface area contributed by atoms with Gasteiger partial charge in [0.05, 0.1) is 17.3 Å². The van der Waals surface area contributed by atoms with Gasteiger partial charge in [0, 0.05) is 11.6 Å². The molecule has 0 atom stereocenters. The molecule has 0 aromatic heterocycles. The quantitative estimate of drug-likeness (QED) is 0.842. The Kier molecular flexibility index (Phi) is 3.44. The number of nitrogens with two attached hydrogens (primary N) is 1. The average molecular weight is 242 g/mol. The van der Waals surface area contributed by atoms with Crippen LogP contribution < -0.4 is 10.5 Å². The Morgan fingerprint density at radius 3 is 2.78 bits per heavy atom. The van der Waals surface area contributed by atoms with E-state index in [2.05, 4.69) is 6.07 Å². The molecule has 0 aliphatic heterocycles. The second-order valence-electron chi connectivity index (χ2n) is 3.74. The summed E-state index contributed by atoms with van der Waals surface area (Å²) in [5.41, 5.74) is 7.31. The van der Waals surface area contributed by atoms with Crippen molar-refractivity contribution in [3.8, 4) is 11.8 Å². The Balaban J connectivity index is 2.17. The van der Waals surface area contributed by atoms with E-state index in [0.717, 1.165) is 5.56 Å². The van der Waals surface area contributed by atoms with Crippen LogP contribution in [0.1, 0.15) is 11.1 Å². The number of halogens is 1. The minimum Gasteiger partial charge on any atom is -0.487 e. The molecule has 0 spiro atoms. The Labute approximate surface area is 104 Å². The summed E-state index contributed by atoms with van der Waals surface area (Å²) in [7, 11) is 0. The Hall–Kier alpha value is -2.54. The van der Waals surface area contributed by atoms with Crippen molar-refractivity contribution in [2.24, 2.45) is 0 Å². The summed E-state index contributed by atoms with van der Waals surface area (Å²) in [5.74, 6) is -0.129. The second-order valence-corrected chi connectivity index (χ2v) is 3.74. The highest BCUT2D eigenvalue weighted by atomic mass is 19.1. The Morgan fingerprint density at radius 1 is 1.22 bits per heavy atom. The number of benzene rings is 2. The summed E-state index contributed by atoms with van der Waals surface area (Å²) in [6.45, 7) is 0.178. The van der Waals surface area contributed by atoms with Gasteiger partial charge in [-0.2, -0.15) is 5.26 Å². The molecule has 2 N–H and O–H groups in total. The van der Waals surface area contributed by atoms with Gasteiger partial charge in [0.2, 0.25) is 0 Å². The van der Waals surface area contributed by atoms with Crippen molar-refractivity contribution in [1.82, 2.24) is 0 Å². The van der Waals surface area contributed by atoms with Gasteiger partial charge in [-0.15, -0.1) is 0 Å². The van der Waals surface area contributed by atoms with E-state index >= 15 is 0 Å². The van der Waals surface area contributed by atoms with E-state index in [1.807, 2.05) is 6.07 Å². The molecule has 0 aliphatic rings. The molecule has 3 nitrogen and oxygen atoms in total. The first-order valence-corrected chi connectivity index (χ1v) is 5.36. The first-order valence-electron chi connectivity index (χ1n) is 5.36. The predicted octanol–water partition coefficient (Wildman–Crippen LogP) is 2.86. The lowest BCUT2D eigenvalue weighted by atomic mass is 10.1. The van der Waals surface area contributed by atoms with Gasteiger partial charge in [-0.05, 0) is 18.2 Å². The molecule has 4 heteroatoms. The van der Waals surface area contributed by atoms with Crippen LogP contribution in [-0.2, 0) is 6.61 Å². The monoisotopic (exact) mass is 242 g/mol. The van der Waals surface area contributed by atoms with E-state index in [-0.39, 0.29) is 12.4 Å². The van der Waals surface area contributed by atoms with Crippen LogP contribution in [0.2, 0.25) is 0 Å². The number of hydrogen-bond donors (Lipinski definition) is 1. The van der Waals surface area contributed by atoms with Crippen LogP contribution in [-0.4, -0.2) is 0 Å². The molecule has 0 saturated carbocycles. The summed E-state index contributed by atoms with van der Waals surface area (Å²) < 4.78 is 18.5. The van der Waals surface area contributed by atoms with Crippen molar-refractivity contribution in [1.29, 1.82) is 5.26 Å². The summed E-state index contributed by atoms with van der Waals surface area (Å²) >= 11 is 0. The SMILES string of the molecule is N#Cc1ccccc1COc1cc(F)ccc1N. The third kappa shape index (κ3) is 2.58. The van der Waals surface area contributed by atoms with Crippen LogP contribution in [0.15, 0.2) is 42.5 Å². The molecule has 0 bridgehead atoms. The van der Waals surface area contributed by atoms with E-state index < -0.39 is 5.82 Å². The number of nitrogens with zero attached hydrogens (tertiary/aromatic N) is 1. The standard InChI is InChI=1S/C14H11FN2O/c15-12-5-6-13(17)14(7-12)18-9-11-4-2-1-3-10(11)8-16/h1-7H,9,17H2. The maximum absolute atomic E-state index is 13.0. The van der Waals surface area contributed by atoms with Gasteiger partial charge in [0.25, 0.3) is 0 Å². The lowest BCUT2D eigenvalue weighted by Crippen LogP contribution is -2.01. The topological polar surface area (TPSA) is 59.0 Å². The molecule has 2 rings (SSSR count). The largest absolute Gasteiger partial charge is 0.487 e. The maximum Gasteiger partial charge on any atom is 0.145 e. The fourth-order valence-corrected chi connectivity index (χ4v) is 1.54. The smallest absolute Gasteiger partial charge is 0.145 e. The lowest BCUT2D eigenvalue weighted by Gasteiger charge is -2.09. The highest BCUT2D eigenvalue weighted by Crippen LogP contribution is 2.23. The fourth-order valence-electron chi connectivity index (χ4n) is 1.54. The zero-order valence-electron chi connectivity index (χ0n) is 9.56. The van der Waals surface area contributed by atoms with E-state index in [1.165, 1.54) is 18.2 Å². The molecular formula is C14H11FN2O. The van der Waals surface area contributed by atoms with E-state index in [0.29, 0.717) is 11.3 Å². The zero-order valence-corrected chi connectivity index (χ0v) is 9.56. The molecule has 0 unspecified atom stereocenters. The van der Waals surface area contributed by atoms with Crippen LogP contribution >= 0.6 is 0 Å². The molecule has 2 aromatic rings. The molecule has 18 heavy (non-hydrogen) atoms. The number of rotatable bonds is 3. The van der Waals surface area contributed by atoms with Crippen molar-refractivity contribution >= 4 is 5.69 Å². The summed E-state index contributed by atoms with van der Waals surface area (Å²) in [6.07, 6.45) is 0. The molecule has 0 amide bonds. The number of nitriles is 1. The number of nitrogen functional groups attached to an aromatic ring is 1. The number of anilines is 1. The van der Waals surface area contributed by atoms with Crippen molar-refractivity contribution in [3.63, 3.8) is 0 Å². The van der Waals surface area contributed by atoms with Crippen molar-refractivity contribution in [2.75, 3.05) is 5.73 Å². The normalized spacial score (nSPS) is 9.78. The van der Waals surface area contributed by atoms with Gasteiger partial charge in [0.15, 0.2) is 0 Å². The van der Waals surface area contributed by atoms with Gasteiger partial charge in [-0.1, -0.05) is 18.2 Å². The maximum atomic E-state index is 13.0. The van der Waals surface area contributed by atoms with E-state index in [9.17, 15) is 4.39 Å². The molecule has 0 aliphatic carbocycles. The van der Waals surface area contributed by atoms with Gasteiger partial charge in [0.1, 0.15) is 18.2 Å². The number of ether oxygens (including phenoxy) is 1. The summed E-state index contributed by atoms with van der Waals surface area (Å²) in [6, 6.07) is 13.1. The highest BCUT2D eigenvalue weighted by molar-refractivity contribution is 5.52.